The summed E-state index contributed by atoms with van der Waals surface area (Å²) < 4.78 is 10.4. The minimum Gasteiger partial charge on any atom is -0.446 e. The van der Waals surface area contributed by atoms with Crippen molar-refractivity contribution in [2.75, 3.05) is 0 Å². The van der Waals surface area contributed by atoms with Crippen molar-refractivity contribution >= 4 is 38.8 Å². The summed E-state index contributed by atoms with van der Waals surface area (Å²) in [6.45, 7) is 155. The van der Waals surface area contributed by atoms with Crippen molar-refractivity contribution in [3.8, 4) is 0 Å². The van der Waals surface area contributed by atoms with Crippen molar-refractivity contribution < 1.29 is 4.12 Å². The van der Waals surface area contributed by atoms with E-state index in [4.69, 9.17) is 0 Å². The van der Waals surface area contributed by atoms with Crippen LogP contribution in [0, 0.1) is 65.0 Å². The summed E-state index contributed by atoms with van der Waals surface area (Å²) in [6, 6.07) is 22.4. The van der Waals surface area contributed by atoms with Crippen LogP contribution in [-0.4, -0.2) is 18.1 Å². The predicted molar refractivity (Wildman–Crippen MR) is 565 cm³/mol. The zero-order valence-corrected chi connectivity index (χ0v) is 97.0. The van der Waals surface area contributed by atoms with Crippen LogP contribution in [0.4, 0.5) is 0 Å². The molecule has 4 aromatic rings. The van der Waals surface area contributed by atoms with Crippen LogP contribution in [0.2, 0.25) is 0 Å². The molecule has 708 valence electrons. The lowest BCUT2D eigenvalue weighted by Crippen LogP contribution is -2.62. The van der Waals surface area contributed by atoms with Crippen LogP contribution in [0.5, 0.6) is 0 Å². The van der Waals surface area contributed by atoms with Crippen LogP contribution >= 0.6 is 0 Å². The lowest BCUT2D eigenvalue weighted by Gasteiger charge is -2.49. The van der Waals surface area contributed by atoms with E-state index >= 15 is 0 Å². The topological polar surface area (TPSA) is 9.23 Å². The summed E-state index contributed by atoms with van der Waals surface area (Å²) in [4.78, 5) is 0. The molecular formula is C120H214OSi2. The fourth-order valence-corrected chi connectivity index (χ4v) is 37.5. The van der Waals surface area contributed by atoms with Crippen molar-refractivity contribution in [1.82, 2.24) is 0 Å². The van der Waals surface area contributed by atoms with E-state index in [2.05, 4.69) is 464 Å². The van der Waals surface area contributed by atoms with Gasteiger partial charge in [-0.2, -0.15) is 0 Å². The maximum atomic E-state index is 10.4. The van der Waals surface area contributed by atoms with Crippen molar-refractivity contribution in [2.24, 2.45) is 65.0 Å². The van der Waals surface area contributed by atoms with Crippen LogP contribution in [-0.2, 0) is 69.1 Å². The third kappa shape index (κ3) is 31.2. The Bertz CT molecular complexity index is 3680. The third-order valence-electron chi connectivity index (χ3n) is 26.4. The summed E-state index contributed by atoms with van der Waals surface area (Å²) in [5.74, 6) is 0. The van der Waals surface area contributed by atoms with E-state index in [1.54, 1.807) is 44.5 Å². The molecule has 0 atom stereocenters. The average Bonchev–Trinajstić information content (AvgIpc) is 0.710. The standard InChI is InChI=1S/C120H214OSi2/c1-97(2,3)69-109(37,38)81-61-65-85(93(117(53,54)77-105(25,26)27)89(81)113(45,46)73-101(13,14)15)122(86-66-62-82(110(39,40)70-98(4,5)6)90(114(47,48)74-102(16,17)18)94(86)118(55,56)78-106(28,29)30)121-123(87-67-63-83(111(41,42)71-99(7,8)9)91(115(49,50)75-103(19,20)21)95(87)119(57,58)79-107(31,32)33)88-68-64-84(112(43,44)72-100(10,11)12)92(116(51,52)76-104(22,23)24)96(88)120(59,60)80-108(34,35)36/h61-68,122-123H,69-80H2,1-60H3. The van der Waals surface area contributed by atoms with Gasteiger partial charge in [-0.1, -0.05) is 464 Å². The number of benzene rings is 4. The molecule has 0 unspecified atom stereocenters. The molecule has 0 N–H and O–H groups in total. The van der Waals surface area contributed by atoms with Gasteiger partial charge >= 0.3 is 0 Å². The fraction of sp³-hybridized carbons (Fsp3) is 0.800. The molecule has 0 amide bonds. The Labute approximate surface area is 775 Å². The molecule has 0 fully saturated rings. The largest absolute Gasteiger partial charge is 0.446 e. The second-order valence-corrected chi connectivity index (χ2v) is 69.3. The molecule has 0 spiro atoms. The zero-order valence-electron chi connectivity index (χ0n) is 94.7. The van der Waals surface area contributed by atoms with Gasteiger partial charge < -0.3 is 4.12 Å². The SMILES string of the molecule is CC(C)(C)CC(C)(C)c1ccc([SiH](O[SiH](c2ccc(C(C)(C)CC(C)(C)C)c(C(C)(C)CC(C)(C)C)c2C(C)(C)CC(C)(C)C)c2ccc(C(C)(C)CC(C)(C)C)c(C(C)(C)CC(C)(C)C)c2C(C)(C)CC(C)(C)C)c2ccc(C(C)(C)CC(C)(C)C)c(C(C)(C)CC(C)(C)C)c2C(C)(C)CC(C)(C)C)c(C(C)(C)CC(C)(C)C)c1C(C)(C)CC(C)(C)C. The summed E-state index contributed by atoms with van der Waals surface area (Å²) >= 11 is 0. The van der Waals surface area contributed by atoms with Gasteiger partial charge in [0.1, 0.15) is 0 Å². The molecule has 0 radical (unpaired) electrons. The maximum Gasteiger partial charge on any atom is 0.229 e. The van der Waals surface area contributed by atoms with Crippen molar-refractivity contribution in [2.45, 2.75) is 557 Å². The first-order valence-electron chi connectivity index (χ1n) is 49.8. The lowest BCUT2D eigenvalue weighted by atomic mass is 9.60. The highest BCUT2D eigenvalue weighted by atomic mass is 28.4. The lowest BCUT2D eigenvalue weighted by molar-refractivity contribution is 0.253. The minimum atomic E-state index is -3.31. The molecule has 0 saturated carbocycles. The van der Waals surface area contributed by atoms with Crippen molar-refractivity contribution in [3.63, 3.8) is 0 Å². The average molecular weight is 1730 g/mol. The van der Waals surface area contributed by atoms with Gasteiger partial charge in [0.15, 0.2) is 0 Å². The number of hydrogen-bond donors (Lipinski definition) is 0. The molecule has 0 saturated heterocycles. The van der Waals surface area contributed by atoms with Crippen LogP contribution in [0.15, 0.2) is 48.5 Å². The van der Waals surface area contributed by atoms with Gasteiger partial charge in [0.2, 0.25) is 18.1 Å². The van der Waals surface area contributed by atoms with Crippen LogP contribution in [0.1, 0.15) is 559 Å². The second-order valence-electron chi connectivity index (χ2n) is 64.2. The smallest absolute Gasteiger partial charge is 0.229 e. The predicted octanol–water partition coefficient (Wildman–Crippen LogP) is 34.6. The summed E-state index contributed by atoms with van der Waals surface area (Å²) in [5.41, 5.74) is 15.9. The molecule has 0 aliphatic rings. The van der Waals surface area contributed by atoms with E-state index in [0.717, 1.165) is 77.0 Å². The van der Waals surface area contributed by atoms with E-state index in [0.29, 0.717) is 0 Å². The van der Waals surface area contributed by atoms with Gasteiger partial charge in [-0.05, 0) is 295 Å². The summed E-state index contributed by atoms with van der Waals surface area (Å²) in [7, 11) is -6.62. The van der Waals surface area contributed by atoms with Crippen LogP contribution < -0.4 is 20.7 Å². The highest BCUT2D eigenvalue weighted by Crippen LogP contribution is 2.57. The highest BCUT2D eigenvalue weighted by molar-refractivity contribution is 6.92. The monoisotopic (exact) mass is 1730 g/mol. The van der Waals surface area contributed by atoms with Gasteiger partial charge in [0, 0.05) is 0 Å². The molecule has 4 rings (SSSR count). The van der Waals surface area contributed by atoms with E-state index in [1.165, 1.54) is 43.0 Å². The Kier molecular flexibility index (Phi) is 32.7. The normalized spacial score (nSPS) is 15.4. The zero-order chi connectivity index (χ0) is 97.2. The molecule has 123 heavy (non-hydrogen) atoms. The first-order valence-corrected chi connectivity index (χ1v) is 53.0. The first-order chi connectivity index (χ1) is 53.4. The van der Waals surface area contributed by atoms with Gasteiger partial charge in [0.05, 0.1) is 0 Å². The molecule has 0 heterocycles. The van der Waals surface area contributed by atoms with Gasteiger partial charge in [-0.3, -0.25) is 0 Å². The fourth-order valence-electron chi connectivity index (χ4n) is 29.1. The summed E-state index contributed by atoms with van der Waals surface area (Å²) in [5, 5.41) is 6.06. The quantitative estimate of drug-likeness (QED) is 0.0473. The second kappa shape index (κ2) is 35.7. The van der Waals surface area contributed by atoms with E-state index in [9.17, 15) is 4.12 Å². The minimum absolute atomic E-state index is 0.0137. The molecule has 0 aliphatic heterocycles. The van der Waals surface area contributed by atoms with Crippen molar-refractivity contribution in [1.29, 1.82) is 0 Å². The van der Waals surface area contributed by atoms with Gasteiger partial charge in [-0.15, -0.1) is 0 Å². The number of rotatable bonds is 30. The molecule has 1 nitrogen and oxygen atoms in total. The van der Waals surface area contributed by atoms with Crippen molar-refractivity contribution in [3.05, 3.63) is 115 Å². The van der Waals surface area contributed by atoms with Crippen LogP contribution in [0.25, 0.3) is 0 Å². The molecule has 3 heteroatoms. The molecule has 0 bridgehead atoms. The molecule has 0 aliphatic carbocycles. The Hall–Kier alpha value is -2.73. The van der Waals surface area contributed by atoms with E-state index in [-0.39, 0.29) is 130 Å². The number of hydrogen-bond acceptors (Lipinski definition) is 1. The van der Waals surface area contributed by atoms with E-state index in [1.807, 2.05) is 0 Å². The van der Waals surface area contributed by atoms with Gasteiger partial charge in [-0.25, -0.2) is 0 Å². The van der Waals surface area contributed by atoms with Crippen LogP contribution in [0.3, 0.4) is 0 Å². The molecule has 0 aromatic heterocycles. The Balaban J connectivity index is 3.25. The van der Waals surface area contributed by atoms with Gasteiger partial charge in [0.25, 0.3) is 0 Å². The Morgan fingerprint density at radius 3 is 0.341 bits per heavy atom. The Morgan fingerprint density at radius 2 is 0.236 bits per heavy atom. The molecule has 4 aromatic carbocycles. The summed E-state index contributed by atoms with van der Waals surface area (Å²) in [6.07, 6.45) is 12.4. The Morgan fingerprint density at radius 1 is 0.138 bits per heavy atom. The third-order valence-corrected chi connectivity index (χ3v) is 32.7. The first kappa shape index (κ1) is 113. The maximum absolute atomic E-state index is 10.4. The highest BCUT2D eigenvalue weighted by Gasteiger charge is 2.53. The van der Waals surface area contributed by atoms with E-state index < -0.39 is 18.1 Å². The molecular weight excluding hydrogens is 1510 g/mol.